The van der Waals surface area contributed by atoms with E-state index in [1.54, 1.807) is 0 Å². The highest BCUT2D eigenvalue weighted by atomic mass is 15.3. The molecule has 0 bridgehead atoms. The Balaban J connectivity index is 1.34. The molecule has 2 aliphatic rings. The Hall–Kier alpha value is -4.81. The molecular formula is C42H41N5. The topological polar surface area (TPSA) is 60.5 Å². The number of aliphatic imine (C=N–C) groups is 1. The molecule has 1 saturated heterocycles. The number of hydrogen-bond acceptors (Lipinski definition) is 5. The van der Waals surface area contributed by atoms with E-state index in [0.717, 1.165) is 23.4 Å². The number of amidine groups is 1. The number of fused-ring (bicyclic) bond motifs is 3. The Morgan fingerprint density at radius 1 is 0.617 bits per heavy atom. The number of hydrogen-bond donors (Lipinski definition) is 4. The molecule has 0 aromatic heterocycles. The van der Waals surface area contributed by atoms with E-state index in [0.29, 0.717) is 12.1 Å². The highest BCUT2D eigenvalue weighted by molar-refractivity contribution is 6.14. The minimum atomic E-state index is -0.417. The molecule has 0 radical (unpaired) electrons. The molecule has 4 N–H and O–H groups in total. The van der Waals surface area contributed by atoms with Crippen molar-refractivity contribution in [1.82, 2.24) is 21.3 Å². The second-order valence-corrected chi connectivity index (χ2v) is 13.4. The van der Waals surface area contributed by atoms with E-state index in [1.165, 1.54) is 43.8 Å². The van der Waals surface area contributed by atoms with Crippen molar-refractivity contribution in [2.24, 2.45) is 4.99 Å². The van der Waals surface area contributed by atoms with Gasteiger partial charge >= 0.3 is 0 Å². The molecule has 6 aromatic rings. The van der Waals surface area contributed by atoms with Gasteiger partial charge in [-0.3, -0.25) is 16.0 Å². The molecule has 2 aliphatic heterocycles. The average molecular weight is 616 g/mol. The Morgan fingerprint density at radius 3 is 1.94 bits per heavy atom. The molecule has 0 amide bonds. The molecule has 6 aromatic carbocycles. The molecule has 4 unspecified atom stereocenters. The summed E-state index contributed by atoms with van der Waals surface area (Å²) in [5, 5.41) is 20.4. The van der Waals surface area contributed by atoms with Crippen molar-refractivity contribution < 1.29 is 0 Å². The van der Waals surface area contributed by atoms with Crippen LogP contribution in [0.5, 0.6) is 0 Å². The zero-order valence-electron chi connectivity index (χ0n) is 27.2. The van der Waals surface area contributed by atoms with Gasteiger partial charge in [-0.2, -0.15) is 0 Å². The standard InChI is InChI=1S/C42H41N5/c1-27-22-28(2)47-42(3,46-27)34-24-32(38-26-31-18-10-11-19-35(31)36-20-12-13-21-37(36)38)23-33(25-34)41-44-39(29-14-6-4-7-15-29)43-40(45-41)30-16-8-5-9-17-30/h4-21,23-28,39-40,43,46-47H,22H2,1-3H3,(H,44,45). The van der Waals surface area contributed by atoms with Crippen LogP contribution < -0.4 is 21.3 Å². The van der Waals surface area contributed by atoms with Gasteiger partial charge in [-0.05, 0) is 101 Å². The fraction of sp³-hybridized carbons (Fsp3) is 0.214. The first-order chi connectivity index (χ1) is 22.9. The van der Waals surface area contributed by atoms with Gasteiger partial charge in [-0.1, -0.05) is 109 Å². The lowest BCUT2D eigenvalue weighted by Gasteiger charge is -2.44. The predicted octanol–water partition coefficient (Wildman–Crippen LogP) is 8.53. The molecule has 0 spiro atoms. The highest BCUT2D eigenvalue weighted by Gasteiger charge is 2.35. The molecule has 5 heteroatoms. The van der Waals surface area contributed by atoms with Gasteiger partial charge in [0, 0.05) is 17.6 Å². The molecule has 2 heterocycles. The smallest absolute Gasteiger partial charge is 0.131 e. The lowest BCUT2D eigenvalue weighted by atomic mass is 9.87. The zero-order valence-corrected chi connectivity index (χ0v) is 27.2. The van der Waals surface area contributed by atoms with E-state index in [-0.39, 0.29) is 12.3 Å². The predicted molar refractivity (Wildman–Crippen MR) is 195 cm³/mol. The lowest BCUT2D eigenvalue weighted by Crippen LogP contribution is -2.62. The Morgan fingerprint density at radius 2 is 1.21 bits per heavy atom. The summed E-state index contributed by atoms with van der Waals surface area (Å²) >= 11 is 0. The second kappa shape index (κ2) is 12.1. The second-order valence-electron chi connectivity index (χ2n) is 13.4. The van der Waals surface area contributed by atoms with Crippen LogP contribution in [-0.2, 0) is 5.66 Å². The van der Waals surface area contributed by atoms with Crippen LogP contribution in [0, 0.1) is 0 Å². The van der Waals surface area contributed by atoms with Crippen LogP contribution >= 0.6 is 0 Å². The van der Waals surface area contributed by atoms with Gasteiger partial charge in [0.15, 0.2) is 0 Å². The molecule has 0 aliphatic carbocycles. The molecule has 1 fully saturated rings. The molecule has 5 nitrogen and oxygen atoms in total. The SMILES string of the molecule is CC1CC(C)NC(C)(c2cc(C3=NC(c4ccccc4)NC(c4ccccc4)N3)cc(-c3cc4ccccc4c4ccccc34)c2)N1. The third-order valence-electron chi connectivity index (χ3n) is 9.75. The number of benzene rings is 6. The number of nitrogens with zero attached hydrogens (tertiary/aromatic N) is 1. The first-order valence-electron chi connectivity index (χ1n) is 16.8. The minimum Gasteiger partial charge on any atom is -0.350 e. The molecular weight excluding hydrogens is 574 g/mol. The summed E-state index contributed by atoms with van der Waals surface area (Å²) in [5.74, 6) is 0.875. The van der Waals surface area contributed by atoms with Gasteiger partial charge in [-0.25, -0.2) is 4.99 Å². The maximum atomic E-state index is 5.34. The number of rotatable bonds is 5. The zero-order chi connectivity index (χ0) is 32.0. The Bertz CT molecular complexity index is 2080. The first-order valence-corrected chi connectivity index (χ1v) is 16.8. The quantitative estimate of drug-likeness (QED) is 0.147. The van der Waals surface area contributed by atoms with E-state index in [9.17, 15) is 0 Å². The van der Waals surface area contributed by atoms with Crippen molar-refractivity contribution in [1.29, 1.82) is 0 Å². The van der Waals surface area contributed by atoms with E-state index >= 15 is 0 Å². The van der Waals surface area contributed by atoms with Crippen LogP contribution in [0.3, 0.4) is 0 Å². The van der Waals surface area contributed by atoms with Gasteiger partial charge < -0.3 is 5.32 Å². The third-order valence-corrected chi connectivity index (χ3v) is 9.75. The lowest BCUT2D eigenvalue weighted by molar-refractivity contribution is 0.169. The summed E-state index contributed by atoms with van der Waals surface area (Å²) in [5.41, 5.74) is 6.53. The minimum absolute atomic E-state index is 0.107. The van der Waals surface area contributed by atoms with Crippen molar-refractivity contribution in [2.75, 3.05) is 0 Å². The Kier molecular flexibility index (Phi) is 7.61. The maximum Gasteiger partial charge on any atom is 0.131 e. The van der Waals surface area contributed by atoms with Gasteiger partial charge in [-0.15, -0.1) is 0 Å². The molecule has 234 valence electrons. The molecule has 47 heavy (non-hydrogen) atoms. The molecule has 0 saturated carbocycles. The third kappa shape index (κ3) is 5.72. The largest absolute Gasteiger partial charge is 0.350 e. The van der Waals surface area contributed by atoms with Crippen LogP contribution in [0.15, 0.2) is 138 Å². The first kappa shape index (κ1) is 29.6. The molecule has 8 rings (SSSR count). The number of nitrogens with one attached hydrogen (secondary N) is 4. The summed E-state index contributed by atoms with van der Waals surface area (Å²) in [6, 6.07) is 48.7. The van der Waals surface area contributed by atoms with E-state index in [1.807, 2.05) is 0 Å². The van der Waals surface area contributed by atoms with Crippen LogP contribution in [-0.4, -0.2) is 17.9 Å². The van der Waals surface area contributed by atoms with Gasteiger partial charge in [0.2, 0.25) is 0 Å². The summed E-state index contributed by atoms with van der Waals surface area (Å²) < 4.78 is 0. The summed E-state index contributed by atoms with van der Waals surface area (Å²) in [4.78, 5) is 5.34. The van der Waals surface area contributed by atoms with E-state index < -0.39 is 5.66 Å². The van der Waals surface area contributed by atoms with E-state index in [2.05, 4.69) is 175 Å². The molecule has 4 atom stereocenters. The van der Waals surface area contributed by atoms with Crippen molar-refractivity contribution in [3.05, 3.63) is 156 Å². The van der Waals surface area contributed by atoms with Gasteiger partial charge in [0.25, 0.3) is 0 Å². The summed E-state index contributed by atoms with van der Waals surface area (Å²) in [6.07, 6.45) is 0.770. The normalized spacial score (nSPS) is 24.5. The average Bonchev–Trinajstić information content (AvgIpc) is 3.11. The van der Waals surface area contributed by atoms with Crippen molar-refractivity contribution >= 4 is 27.4 Å². The highest BCUT2D eigenvalue weighted by Crippen LogP contribution is 2.38. The van der Waals surface area contributed by atoms with Gasteiger partial charge in [0.1, 0.15) is 18.2 Å². The van der Waals surface area contributed by atoms with Crippen LogP contribution in [0.2, 0.25) is 0 Å². The Labute approximate surface area is 277 Å². The van der Waals surface area contributed by atoms with Crippen LogP contribution in [0.1, 0.15) is 61.8 Å². The van der Waals surface area contributed by atoms with Crippen LogP contribution in [0.4, 0.5) is 0 Å². The van der Waals surface area contributed by atoms with E-state index in [4.69, 9.17) is 4.99 Å². The van der Waals surface area contributed by atoms with Crippen molar-refractivity contribution in [2.45, 2.75) is 57.3 Å². The summed E-state index contributed by atoms with van der Waals surface area (Å²) in [6.45, 7) is 6.84. The maximum absolute atomic E-state index is 5.34. The van der Waals surface area contributed by atoms with Gasteiger partial charge in [0.05, 0.1) is 5.66 Å². The fourth-order valence-corrected chi connectivity index (χ4v) is 7.67. The monoisotopic (exact) mass is 615 g/mol. The van der Waals surface area contributed by atoms with Crippen molar-refractivity contribution in [3.8, 4) is 11.1 Å². The summed E-state index contributed by atoms with van der Waals surface area (Å²) in [7, 11) is 0. The van der Waals surface area contributed by atoms with Crippen molar-refractivity contribution in [3.63, 3.8) is 0 Å². The van der Waals surface area contributed by atoms with Crippen LogP contribution in [0.25, 0.3) is 32.7 Å². The fourth-order valence-electron chi connectivity index (χ4n) is 7.67.